The molecule has 26 heavy (non-hydrogen) atoms. The average Bonchev–Trinajstić information content (AvgIpc) is 3.23. The number of ether oxygens (including phenoxy) is 1. The van der Waals surface area contributed by atoms with Crippen molar-refractivity contribution >= 4 is 38.0 Å². The molecule has 1 aliphatic heterocycles. The minimum absolute atomic E-state index is 0.00374. The first kappa shape index (κ1) is 17.3. The molecule has 1 N–H and O–H groups in total. The van der Waals surface area contributed by atoms with Gasteiger partial charge in [0.05, 0.1) is 12.1 Å². The molecule has 0 atom stereocenters. The number of fused-ring (bicyclic) bond motifs is 1. The number of nitrogens with zero attached hydrogens (tertiary/aromatic N) is 1. The van der Waals surface area contributed by atoms with Gasteiger partial charge >= 0.3 is 0 Å². The summed E-state index contributed by atoms with van der Waals surface area (Å²) < 4.78 is 47.0. The quantitative estimate of drug-likeness (QED) is 0.694. The highest BCUT2D eigenvalue weighted by atomic mass is 35.5. The molecule has 0 spiro atoms. The van der Waals surface area contributed by atoms with Gasteiger partial charge in [-0.1, -0.05) is 11.6 Å². The van der Waals surface area contributed by atoms with Crippen LogP contribution >= 0.6 is 22.9 Å². The van der Waals surface area contributed by atoms with Crippen molar-refractivity contribution in [2.45, 2.75) is 11.3 Å². The van der Waals surface area contributed by atoms with E-state index in [0.29, 0.717) is 40.1 Å². The van der Waals surface area contributed by atoms with Gasteiger partial charge in [-0.25, -0.2) is 17.8 Å². The smallest absolute Gasteiger partial charge is 0.266 e. The van der Waals surface area contributed by atoms with E-state index in [1.807, 2.05) is 0 Å². The van der Waals surface area contributed by atoms with Crippen LogP contribution in [0.15, 0.2) is 46.8 Å². The van der Waals surface area contributed by atoms with Crippen LogP contribution in [0.2, 0.25) is 5.02 Å². The molecular weight excluding hydrogens is 399 g/mol. The van der Waals surface area contributed by atoms with Crippen molar-refractivity contribution in [3.8, 4) is 17.0 Å². The van der Waals surface area contributed by atoms with Crippen LogP contribution in [0.25, 0.3) is 11.3 Å². The number of benzene rings is 2. The number of thiazole rings is 1. The van der Waals surface area contributed by atoms with Gasteiger partial charge < -0.3 is 4.74 Å². The van der Waals surface area contributed by atoms with Crippen LogP contribution in [-0.4, -0.2) is 20.0 Å². The third kappa shape index (κ3) is 3.15. The fraction of sp³-hybridized carbons (Fsp3) is 0.118. The van der Waals surface area contributed by atoms with Crippen LogP contribution in [0, 0.1) is 5.82 Å². The van der Waals surface area contributed by atoms with E-state index in [4.69, 9.17) is 16.3 Å². The first-order valence-corrected chi connectivity index (χ1v) is 10.4. The molecular formula is C17H12ClFN2O3S2. The van der Waals surface area contributed by atoms with Gasteiger partial charge in [-0.2, -0.15) is 0 Å². The van der Waals surface area contributed by atoms with E-state index < -0.39 is 10.0 Å². The lowest BCUT2D eigenvalue weighted by atomic mass is 10.2. The average molecular weight is 411 g/mol. The summed E-state index contributed by atoms with van der Waals surface area (Å²) >= 11 is 7.20. The van der Waals surface area contributed by atoms with E-state index in [0.717, 1.165) is 16.9 Å². The summed E-state index contributed by atoms with van der Waals surface area (Å²) in [6.07, 6.45) is 0.611. The normalized spacial score (nSPS) is 13.3. The van der Waals surface area contributed by atoms with Gasteiger partial charge in [0.2, 0.25) is 0 Å². The van der Waals surface area contributed by atoms with Gasteiger partial charge in [0.1, 0.15) is 27.2 Å². The maximum Gasteiger partial charge on any atom is 0.266 e. The molecule has 0 aliphatic carbocycles. The van der Waals surface area contributed by atoms with E-state index in [9.17, 15) is 12.8 Å². The monoisotopic (exact) mass is 410 g/mol. The standard InChI is InChI=1S/C17H12ClFN2O3S2/c18-12-7-11-5-6-24-16(11)14(8-12)26(22,23)21-17-15(20-9-25-17)10-1-3-13(19)4-2-10/h1-4,7-9,21H,5-6H2. The molecule has 0 unspecified atom stereocenters. The molecule has 1 aromatic heterocycles. The zero-order valence-electron chi connectivity index (χ0n) is 13.2. The molecule has 0 bridgehead atoms. The molecule has 0 saturated carbocycles. The number of halogens is 2. The zero-order valence-corrected chi connectivity index (χ0v) is 15.6. The molecule has 0 saturated heterocycles. The first-order valence-electron chi connectivity index (χ1n) is 7.61. The van der Waals surface area contributed by atoms with E-state index >= 15 is 0 Å². The third-order valence-electron chi connectivity index (χ3n) is 3.92. The highest BCUT2D eigenvalue weighted by Crippen LogP contribution is 2.38. The lowest BCUT2D eigenvalue weighted by Crippen LogP contribution is -2.14. The second kappa shape index (κ2) is 6.53. The minimum atomic E-state index is -3.93. The Morgan fingerprint density at radius 2 is 2.00 bits per heavy atom. The second-order valence-electron chi connectivity index (χ2n) is 5.63. The minimum Gasteiger partial charge on any atom is -0.492 e. The number of rotatable bonds is 4. The Bertz CT molecular complexity index is 1080. The van der Waals surface area contributed by atoms with Crippen molar-refractivity contribution in [3.05, 3.63) is 58.3 Å². The molecule has 0 fully saturated rings. The van der Waals surface area contributed by atoms with Crippen LogP contribution in [0.5, 0.6) is 5.75 Å². The van der Waals surface area contributed by atoms with Gasteiger partial charge in [0, 0.05) is 22.6 Å². The van der Waals surface area contributed by atoms with Crippen molar-refractivity contribution in [1.29, 1.82) is 0 Å². The van der Waals surface area contributed by atoms with E-state index in [2.05, 4.69) is 9.71 Å². The first-order chi connectivity index (χ1) is 12.4. The molecule has 4 rings (SSSR count). The Hall–Kier alpha value is -2.16. The van der Waals surface area contributed by atoms with Crippen molar-refractivity contribution < 1.29 is 17.5 Å². The third-order valence-corrected chi connectivity index (χ3v) is 6.36. The van der Waals surface area contributed by atoms with Crippen molar-refractivity contribution in [1.82, 2.24) is 4.98 Å². The summed E-state index contributed by atoms with van der Waals surface area (Å²) in [7, 11) is -3.93. The molecule has 134 valence electrons. The topological polar surface area (TPSA) is 68.3 Å². The van der Waals surface area contributed by atoms with Crippen LogP contribution in [0.4, 0.5) is 9.39 Å². The number of aromatic nitrogens is 1. The Labute approximate surface area is 158 Å². The molecule has 2 aromatic carbocycles. The molecule has 0 amide bonds. The van der Waals surface area contributed by atoms with Gasteiger partial charge in [-0.15, -0.1) is 11.3 Å². The number of nitrogens with one attached hydrogen (secondary N) is 1. The zero-order chi connectivity index (χ0) is 18.3. The van der Waals surface area contributed by atoms with Crippen molar-refractivity contribution in [3.63, 3.8) is 0 Å². The van der Waals surface area contributed by atoms with Crippen LogP contribution in [0.3, 0.4) is 0 Å². The molecule has 2 heterocycles. The fourth-order valence-electron chi connectivity index (χ4n) is 2.74. The van der Waals surface area contributed by atoms with Crippen LogP contribution < -0.4 is 9.46 Å². The highest BCUT2D eigenvalue weighted by Gasteiger charge is 2.27. The number of hydrogen-bond donors (Lipinski definition) is 1. The Kier molecular flexibility index (Phi) is 4.34. The molecule has 0 radical (unpaired) electrons. The Morgan fingerprint density at radius 1 is 1.23 bits per heavy atom. The van der Waals surface area contributed by atoms with E-state index in [-0.39, 0.29) is 10.7 Å². The van der Waals surface area contributed by atoms with Crippen molar-refractivity contribution in [2.75, 3.05) is 11.3 Å². The van der Waals surface area contributed by atoms with E-state index in [1.54, 1.807) is 18.2 Å². The summed E-state index contributed by atoms with van der Waals surface area (Å²) in [6, 6.07) is 8.76. The summed E-state index contributed by atoms with van der Waals surface area (Å²) in [5.74, 6) is -0.0486. The second-order valence-corrected chi connectivity index (χ2v) is 8.58. The van der Waals surface area contributed by atoms with Gasteiger partial charge in [-0.3, -0.25) is 4.72 Å². The number of hydrogen-bond acceptors (Lipinski definition) is 5. The highest BCUT2D eigenvalue weighted by molar-refractivity contribution is 7.93. The molecule has 3 aromatic rings. The van der Waals surface area contributed by atoms with Gasteiger partial charge in [0.15, 0.2) is 0 Å². The van der Waals surface area contributed by atoms with Gasteiger partial charge in [0.25, 0.3) is 10.0 Å². The maximum atomic E-state index is 13.1. The lowest BCUT2D eigenvalue weighted by molar-refractivity contribution is 0.348. The summed E-state index contributed by atoms with van der Waals surface area (Å²) in [5.41, 5.74) is 3.33. The summed E-state index contributed by atoms with van der Waals surface area (Å²) in [6.45, 7) is 0.416. The van der Waals surface area contributed by atoms with E-state index in [1.165, 1.54) is 23.7 Å². The largest absolute Gasteiger partial charge is 0.492 e. The van der Waals surface area contributed by atoms with Crippen molar-refractivity contribution in [2.24, 2.45) is 0 Å². The Balaban J connectivity index is 1.73. The van der Waals surface area contributed by atoms with Gasteiger partial charge in [-0.05, 0) is 36.4 Å². The maximum absolute atomic E-state index is 13.1. The molecule has 5 nitrogen and oxygen atoms in total. The fourth-order valence-corrected chi connectivity index (χ4v) is 5.28. The summed E-state index contributed by atoms with van der Waals surface area (Å²) in [5, 5.41) is 0.668. The molecule has 9 heteroatoms. The van der Waals surface area contributed by atoms with Crippen LogP contribution in [-0.2, 0) is 16.4 Å². The SMILES string of the molecule is O=S(=O)(Nc1scnc1-c1ccc(F)cc1)c1cc(Cl)cc2c1OCC2. The molecule has 1 aliphatic rings. The number of sulfonamides is 1. The lowest BCUT2D eigenvalue weighted by Gasteiger charge is -2.12. The Morgan fingerprint density at radius 3 is 2.77 bits per heavy atom. The predicted molar refractivity (Wildman–Crippen MR) is 99.0 cm³/mol. The predicted octanol–water partition coefficient (Wildman–Crippen LogP) is 4.34. The summed E-state index contributed by atoms with van der Waals surface area (Å²) in [4.78, 5) is 4.19. The number of anilines is 1. The van der Waals surface area contributed by atoms with Crippen LogP contribution in [0.1, 0.15) is 5.56 Å².